The van der Waals surface area contributed by atoms with E-state index in [1.807, 2.05) is 13.8 Å². The molecule has 0 aromatic carbocycles. The first-order valence-electron chi connectivity index (χ1n) is 8.60. The lowest BCUT2D eigenvalue weighted by Crippen LogP contribution is -2.54. The first-order chi connectivity index (χ1) is 11.0. The van der Waals surface area contributed by atoms with E-state index < -0.39 is 6.10 Å². The highest BCUT2D eigenvalue weighted by Gasteiger charge is 2.32. The molecule has 0 aromatic rings. The topological polar surface area (TPSA) is 99.7 Å². The largest absolute Gasteiger partial charge is 0.394 e. The van der Waals surface area contributed by atoms with Crippen LogP contribution in [0, 0.1) is 5.92 Å². The number of carbonyl (C=O) groups is 2. The Morgan fingerprint density at radius 2 is 1.96 bits per heavy atom. The van der Waals surface area contributed by atoms with Crippen molar-refractivity contribution in [3.63, 3.8) is 0 Å². The van der Waals surface area contributed by atoms with Gasteiger partial charge in [0.15, 0.2) is 0 Å². The van der Waals surface area contributed by atoms with Crippen molar-refractivity contribution in [3.05, 3.63) is 0 Å². The number of carbonyl (C=O) groups excluding carboxylic acids is 2. The van der Waals surface area contributed by atoms with Crippen molar-refractivity contribution < 1.29 is 19.4 Å². The Bertz CT molecular complexity index is 412. The number of rotatable bonds is 7. The van der Waals surface area contributed by atoms with Crippen LogP contribution in [0.15, 0.2) is 0 Å². The minimum Gasteiger partial charge on any atom is -0.394 e. The van der Waals surface area contributed by atoms with Gasteiger partial charge in [0.25, 0.3) is 0 Å². The Morgan fingerprint density at radius 3 is 2.57 bits per heavy atom. The van der Waals surface area contributed by atoms with Gasteiger partial charge in [-0.25, -0.2) is 4.79 Å². The molecular weight excluding hydrogens is 298 g/mol. The summed E-state index contributed by atoms with van der Waals surface area (Å²) in [7, 11) is 0. The number of aliphatic hydroxyl groups is 1. The second-order valence-corrected chi connectivity index (χ2v) is 6.79. The molecule has 1 saturated heterocycles. The van der Waals surface area contributed by atoms with E-state index in [9.17, 15) is 14.7 Å². The molecule has 1 aliphatic heterocycles. The molecule has 2 rings (SSSR count). The van der Waals surface area contributed by atoms with Gasteiger partial charge in [-0.3, -0.25) is 4.79 Å². The van der Waals surface area contributed by atoms with Crippen LogP contribution in [0.3, 0.4) is 0 Å². The molecule has 0 spiro atoms. The molecule has 3 amide bonds. The number of hydrogen-bond acceptors (Lipinski definition) is 4. The van der Waals surface area contributed by atoms with Gasteiger partial charge in [0.2, 0.25) is 5.91 Å². The van der Waals surface area contributed by atoms with E-state index in [4.69, 9.17) is 4.74 Å². The van der Waals surface area contributed by atoms with Crippen molar-refractivity contribution in [2.45, 2.75) is 70.2 Å². The molecule has 7 nitrogen and oxygen atoms in total. The van der Waals surface area contributed by atoms with Gasteiger partial charge >= 0.3 is 6.03 Å². The molecule has 4 N–H and O–H groups in total. The second kappa shape index (κ2) is 8.49. The van der Waals surface area contributed by atoms with Gasteiger partial charge in [0, 0.05) is 18.5 Å². The predicted molar refractivity (Wildman–Crippen MR) is 85.9 cm³/mol. The van der Waals surface area contributed by atoms with E-state index in [0.717, 1.165) is 32.1 Å². The number of hydrogen-bond donors (Lipinski definition) is 4. The SMILES string of the molecule is CC(C)NC(=O)N[C@@H]1CC[C@@H](CCNC(=O)C2CC2)O[C@H]1CO. The van der Waals surface area contributed by atoms with Crippen molar-refractivity contribution in [2.75, 3.05) is 13.2 Å². The summed E-state index contributed by atoms with van der Waals surface area (Å²) in [5, 5.41) is 18.1. The van der Waals surface area contributed by atoms with Crippen LogP contribution in [-0.4, -0.2) is 54.5 Å². The third-order valence-electron chi connectivity index (χ3n) is 4.25. The van der Waals surface area contributed by atoms with Gasteiger partial charge < -0.3 is 25.8 Å². The lowest BCUT2D eigenvalue weighted by molar-refractivity contribution is -0.122. The van der Waals surface area contributed by atoms with Crippen LogP contribution in [0.2, 0.25) is 0 Å². The fourth-order valence-corrected chi connectivity index (χ4v) is 2.83. The average molecular weight is 327 g/mol. The van der Waals surface area contributed by atoms with Crippen LogP contribution >= 0.6 is 0 Å². The molecule has 0 aromatic heterocycles. The summed E-state index contributed by atoms with van der Waals surface area (Å²) >= 11 is 0. The summed E-state index contributed by atoms with van der Waals surface area (Å²) in [6, 6.07) is -0.354. The Hall–Kier alpha value is -1.34. The minimum atomic E-state index is -0.397. The average Bonchev–Trinajstić information content (AvgIpc) is 3.32. The first-order valence-corrected chi connectivity index (χ1v) is 8.60. The zero-order chi connectivity index (χ0) is 16.8. The fraction of sp³-hybridized carbons (Fsp3) is 0.875. The predicted octanol–water partition coefficient (Wildman–Crippen LogP) is 0.519. The van der Waals surface area contributed by atoms with Gasteiger partial charge in [0.05, 0.1) is 18.8 Å². The van der Waals surface area contributed by atoms with Crippen LogP contribution < -0.4 is 16.0 Å². The number of amides is 3. The van der Waals surface area contributed by atoms with Crippen molar-refractivity contribution in [2.24, 2.45) is 5.92 Å². The third-order valence-corrected chi connectivity index (χ3v) is 4.25. The van der Waals surface area contributed by atoms with Crippen LogP contribution in [0.5, 0.6) is 0 Å². The highest BCUT2D eigenvalue weighted by Crippen LogP contribution is 2.28. The van der Waals surface area contributed by atoms with Gasteiger partial charge in [-0.15, -0.1) is 0 Å². The standard InChI is InChI=1S/C16H29N3O4/c1-10(2)18-16(22)19-13-6-5-12(23-14(13)9-20)7-8-17-15(21)11-3-4-11/h10-14,20H,3-9H2,1-2H3,(H,17,21)(H2,18,19,22)/t12-,13+,14-/m0/s1. The van der Waals surface area contributed by atoms with Gasteiger partial charge in [0.1, 0.15) is 6.10 Å². The monoisotopic (exact) mass is 327 g/mol. The van der Waals surface area contributed by atoms with Crippen molar-refractivity contribution in [1.29, 1.82) is 0 Å². The molecule has 3 atom stereocenters. The molecule has 0 unspecified atom stereocenters. The van der Waals surface area contributed by atoms with Crippen LogP contribution in [0.4, 0.5) is 4.79 Å². The summed E-state index contributed by atoms with van der Waals surface area (Å²) in [4.78, 5) is 23.4. The van der Waals surface area contributed by atoms with E-state index in [2.05, 4.69) is 16.0 Å². The molecule has 2 fully saturated rings. The van der Waals surface area contributed by atoms with Crippen LogP contribution in [0.1, 0.15) is 46.0 Å². The quantitative estimate of drug-likeness (QED) is 0.548. The normalized spacial score (nSPS) is 27.6. The molecule has 0 bridgehead atoms. The zero-order valence-corrected chi connectivity index (χ0v) is 14.0. The summed E-state index contributed by atoms with van der Waals surface area (Å²) in [5.74, 6) is 0.366. The Labute approximate surface area is 137 Å². The number of aliphatic hydroxyl groups excluding tert-OH is 1. The van der Waals surface area contributed by atoms with E-state index in [1.54, 1.807) is 0 Å². The fourth-order valence-electron chi connectivity index (χ4n) is 2.83. The lowest BCUT2D eigenvalue weighted by atomic mass is 9.97. The van der Waals surface area contributed by atoms with Crippen LogP contribution in [0.25, 0.3) is 0 Å². The number of ether oxygens (including phenoxy) is 1. The molecule has 132 valence electrons. The second-order valence-electron chi connectivity index (χ2n) is 6.79. The van der Waals surface area contributed by atoms with Gasteiger partial charge in [-0.2, -0.15) is 0 Å². The van der Waals surface area contributed by atoms with Gasteiger partial charge in [-0.05, 0) is 46.0 Å². The minimum absolute atomic E-state index is 0.0119. The molecular formula is C16H29N3O4. The zero-order valence-electron chi connectivity index (χ0n) is 14.0. The highest BCUT2D eigenvalue weighted by molar-refractivity contribution is 5.80. The highest BCUT2D eigenvalue weighted by atomic mass is 16.5. The third kappa shape index (κ3) is 5.99. The number of urea groups is 1. The van der Waals surface area contributed by atoms with E-state index in [0.29, 0.717) is 6.54 Å². The molecule has 7 heteroatoms. The van der Waals surface area contributed by atoms with Crippen LogP contribution in [-0.2, 0) is 9.53 Å². The maximum atomic E-state index is 11.8. The molecule has 0 radical (unpaired) electrons. The summed E-state index contributed by atoms with van der Waals surface area (Å²) in [6.45, 7) is 4.26. The molecule has 1 saturated carbocycles. The van der Waals surface area contributed by atoms with E-state index >= 15 is 0 Å². The Morgan fingerprint density at radius 1 is 1.22 bits per heavy atom. The van der Waals surface area contributed by atoms with Crippen molar-refractivity contribution >= 4 is 11.9 Å². The van der Waals surface area contributed by atoms with E-state index in [-0.39, 0.29) is 42.7 Å². The molecule has 2 aliphatic rings. The first kappa shape index (κ1) is 18.0. The van der Waals surface area contributed by atoms with Crippen molar-refractivity contribution in [1.82, 2.24) is 16.0 Å². The molecule has 1 heterocycles. The summed E-state index contributed by atoms with van der Waals surface area (Å²) in [6.07, 6.45) is 3.93. The molecule has 23 heavy (non-hydrogen) atoms. The van der Waals surface area contributed by atoms with Gasteiger partial charge in [-0.1, -0.05) is 0 Å². The Kier molecular flexibility index (Phi) is 6.65. The maximum absolute atomic E-state index is 11.8. The maximum Gasteiger partial charge on any atom is 0.315 e. The molecule has 1 aliphatic carbocycles. The van der Waals surface area contributed by atoms with E-state index in [1.165, 1.54) is 0 Å². The van der Waals surface area contributed by atoms with Crippen molar-refractivity contribution in [3.8, 4) is 0 Å². The lowest BCUT2D eigenvalue weighted by Gasteiger charge is -2.36. The number of nitrogens with one attached hydrogen (secondary N) is 3. The Balaban J connectivity index is 1.69. The summed E-state index contributed by atoms with van der Waals surface area (Å²) < 4.78 is 5.87. The smallest absolute Gasteiger partial charge is 0.315 e. The summed E-state index contributed by atoms with van der Waals surface area (Å²) in [5.41, 5.74) is 0.